The Hall–Kier alpha value is -0.550. The topological polar surface area (TPSA) is 43.4 Å². The van der Waals surface area contributed by atoms with Crippen molar-refractivity contribution in [3.8, 4) is 5.75 Å². The number of ether oxygens (including phenoxy) is 1. The highest BCUT2D eigenvalue weighted by Crippen LogP contribution is 2.36. The van der Waals surface area contributed by atoms with Crippen LogP contribution in [0, 0.1) is 6.92 Å². The summed E-state index contributed by atoms with van der Waals surface area (Å²) in [5.74, 6) is 0.702. The third-order valence-electron chi connectivity index (χ3n) is 2.77. The second-order valence-electron chi connectivity index (χ2n) is 4.18. The maximum absolute atomic E-state index is 11.6. The smallest absolute Gasteiger partial charge is 0.151 e. The molecular formula is C12H17BrO3S. The molecule has 1 aromatic carbocycles. The van der Waals surface area contributed by atoms with Crippen LogP contribution in [0.2, 0.25) is 0 Å². The molecule has 0 saturated heterocycles. The molecule has 0 bridgehead atoms. The monoisotopic (exact) mass is 320 g/mol. The molecule has 0 aromatic heterocycles. The second kappa shape index (κ2) is 5.40. The van der Waals surface area contributed by atoms with E-state index in [1.165, 1.54) is 6.26 Å². The second-order valence-corrected chi connectivity index (χ2v) is 7.57. The van der Waals surface area contributed by atoms with Crippen LogP contribution in [0.4, 0.5) is 0 Å². The lowest BCUT2D eigenvalue weighted by Crippen LogP contribution is -2.21. The number of alkyl halides is 1. The minimum Gasteiger partial charge on any atom is -0.496 e. The Morgan fingerprint density at radius 1 is 1.35 bits per heavy atom. The van der Waals surface area contributed by atoms with Crippen LogP contribution >= 0.6 is 15.9 Å². The molecule has 0 aliphatic rings. The Morgan fingerprint density at radius 3 is 2.41 bits per heavy atom. The van der Waals surface area contributed by atoms with Gasteiger partial charge in [0.25, 0.3) is 0 Å². The van der Waals surface area contributed by atoms with Gasteiger partial charge in [0, 0.05) is 11.8 Å². The van der Waals surface area contributed by atoms with Gasteiger partial charge in [0.2, 0.25) is 0 Å². The van der Waals surface area contributed by atoms with Gasteiger partial charge in [-0.3, -0.25) is 0 Å². The molecule has 5 heteroatoms. The first-order valence-corrected chi connectivity index (χ1v) is 8.12. The van der Waals surface area contributed by atoms with E-state index < -0.39 is 15.1 Å². The van der Waals surface area contributed by atoms with E-state index in [-0.39, 0.29) is 4.83 Å². The predicted octanol–water partition coefficient (Wildman–Crippen LogP) is 2.87. The number of rotatable bonds is 4. The lowest BCUT2D eigenvalue weighted by Gasteiger charge is -2.19. The lowest BCUT2D eigenvalue weighted by molar-refractivity contribution is 0.409. The standard InChI is InChI=1S/C12H17BrO3S/c1-8-5-6-11(16-3)10(7-8)12(13)9(2)17(4,14)15/h5-7,9,12H,1-4H3. The van der Waals surface area contributed by atoms with Crippen LogP contribution in [0.15, 0.2) is 18.2 Å². The maximum atomic E-state index is 11.6. The van der Waals surface area contributed by atoms with Gasteiger partial charge in [-0.1, -0.05) is 33.6 Å². The van der Waals surface area contributed by atoms with Crippen molar-refractivity contribution in [2.24, 2.45) is 0 Å². The average molecular weight is 321 g/mol. The fraction of sp³-hybridized carbons (Fsp3) is 0.500. The van der Waals surface area contributed by atoms with Gasteiger partial charge in [0.05, 0.1) is 17.2 Å². The first kappa shape index (κ1) is 14.5. The Balaban J connectivity index is 3.19. The lowest BCUT2D eigenvalue weighted by atomic mass is 10.1. The average Bonchev–Trinajstić information content (AvgIpc) is 2.25. The van der Waals surface area contributed by atoms with Crippen molar-refractivity contribution in [1.29, 1.82) is 0 Å². The maximum Gasteiger partial charge on any atom is 0.151 e. The fourth-order valence-corrected chi connectivity index (χ4v) is 3.65. The molecule has 0 N–H and O–H groups in total. The fourth-order valence-electron chi connectivity index (χ4n) is 1.54. The van der Waals surface area contributed by atoms with Gasteiger partial charge in [0.1, 0.15) is 5.75 Å². The third-order valence-corrected chi connectivity index (χ3v) is 6.03. The first-order chi connectivity index (χ1) is 7.77. The largest absolute Gasteiger partial charge is 0.496 e. The quantitative estimate of drug-likeness (QED) is 0.801. The molecule has 0 spiro atoms. The van der Waals surface area contributed by atoms with Gasteiger partial charge in [-0.25, -0.2) is 8.42 Å². The summed E-state index contributed by atoms with van der Waals surface area (Å²) in [5, 5.41) is -0.502. The summed E-state index contributed by atoms with van der Waals surface area (Å²) in [7, 11) is -1.51. The number of methoxy groups -OCH3 is 1. The molecule has 0 heterocycles. The van der Waals surface area contributed by atoms with Crippen molar-refractivity contribution in [2.45, 2.75) is 23.9 Å². The minimum atomic E-state index is -3.09. The number of aryl methyl sites for hydroxylation is 1. The molecule has 0 aliphatic heterocycles. The van der Waals surface area contributed by atoms with Crippen LogP contribution in [0.1, 0.15) is 22.9 Å². The molecule has 0 saturated carbocycles. The summed E-state index contributed by atoms with van der Waals surface area (Å²) >= 11 is 3.45. The Labute approximate surface area is 111 Å². The van der Waals surface area contributed by atoms with Gasteiger partial charge < -0.3 is 4.74 Å². The zero-order valence-corrected chi connectivity index (χ0v) is 12.8. The first-order valence-electron chi connectivity index (χ1n) is 5.25. The molecule has 0 amide bonds. The van der Waals surface area contributed by atoms with Gasteiger partial charge in [-0.05, 0) is 19.9 Å². The predicted molar refractivity (Wildman–Crippen MR) is 73.7 cm³/mol. The number of halogens is 1. The van der Waals surface area contributed by atoms with E-state index >= 15 is 0 Å². The van der Waals surface area contributed by atoms with Gasteiger partial charge in [-0.2, -0.15) is 0 Å². The van der Waals surface area contributed by atoms with Gasteiger partial charge >= 0.3 is 0 Å². The van der Waals surface area contributed by atoms with Crippen LogP contribution in [0.3, 0.4) is 0 Å². The minimum absolute atomic E-state index is 0.271. The molecule has 17 heavy (non-hydrogen) atoms. The summed E-state index contributed by atoms with van der Waals surface area (Å²) < 4.78 is 28.4. The summed E-state index contributed by atoms with van der Waals surface area (Å²) in [6, 6.07) is 5.74. The molecule has 1 rings (SSSR count). The van der Waals surface area contributed by atoms with E-state index in [9.17, 15) is 8.42 Å². The molecule has 96 valence electrons. The summed E-state index contributed by atoms with van der Waals surface area (Å²) in [6.45, 7) is 3.66. The molecule has 0 aliphatic carbocycles. The van der Waals surface area contributed by atoms with Crippen molar-refractivity contribution in [3.63, 3.8) is 0 Å². The summed E-state index contributed by atoms with van der Waals surface area (Å²) in [4.78, 5) is -0.271. The van der Waals surface area contributed by atoms with Crippen molar-refractivity contribution >= 4 is 25.8 Å². The van der Waals surface area contributed by atoms with Crippen LogP contribution in [-0.4, -0.2) is 27.0 Å². The van der Waals surface area contributed by atoms with E-state index in [2.05, 4.69) is 15.9 Å². The van der Waals surface area contributed by atoms with Crippen LogP contribution in [-0.2, 0) is 9.84 Å². The van der Waals surface area contributed by atoms with Gasteiger partial charge in [-0.15, -0.1) is 0 Å². The Kier molecular flexibility index (Phi) is 4.61. The summed E-state index contributed by atoms with van der Waals surface area (Å²) in [6.07, 6.45) is 1.24. The third kappa shape index (κ3) is 3.45. The van der Waals surface area contributed by atoms with E-state index in [0.717, 1.165) is 11.1 Å². The van der Waals surface area contributed by atoms with Crippen molar-refractivity contribution in [1.82, 2.24) is 0 Å². The van der Waals surface area contributed by atoms with Crippen molar-refractivity contribution < 1.29 is 13.2 Å². The Morgan fingerprint density at radius 2 is 1.94 bits per heavy atom. The summed E-state index contributed by atoms with van der Waals surface area (Å²) in [5.41, 5.74) is 1.94. The normalized spacial score (nSPS) is 15.4. The molecule has 0 radical (unpaired) electrons. The molecule has 0 fully saturated rings. The molecule has 2 unspecified atom stereocenters. The molecule has 1 aromatic rings. The zero-order chi connectivity index (χ0) is 13.2. The number of hydrogen-bond acceptors (Lipinski definition) is 3. The highest BCUT2D eigenvalue weighted by Gasteiger charge is 2.27. The zero-order valence-electron chi connectivity index (χ0n) is 10.4. The molecular weight excluding hydrogens is 304 g/mol. The number of benzene rings is 1. The van der Waals surface area contributed by atoms with Crippen LogP contribution in [0.5, 0.6) is 5.75 Å². The van der Waals surface area contributed by atoms with Crippen molar-refractivity contribution in [2.75, 3.05) is 13.4 Å². The highest BCUT2D eigenvalue weighted by molar-refractivity contribution is 9.09. The molecule has 3 nitrogen and oxygen atoms in total. The number of sulfone groups is 1. The van der Waals surface area contributed by atoms with Gasteiger partial charge in [0.15, 0.2) is 9.84 Å². The van der Waals surface area contributed by atoms with Crippen molar-refractivity contribution in [3.05, 3.63) is 29.3 Å². The van der Waals surface area contributed by atoms with Crippen LogP contribution in [0.25, 0.3) is 0 Å². The highest BCUT2D eigenvalue weighted by atomic mass is 79.9. The SMILES string of the molecule is COc1ccc(C)cc1C(Br)C(C)S(C)(=O)=O. The number of hydrogen-bond donors (Lipinski definition) is 0. The van der Waals surface area contributed by atoms with E-state index in [1.54, 1.807) is 14.0 Å². The molecule has 2 atom stereocenters. The van der Waals surface area contributed by atoms with Crippen LogP contribution < -0.4 is 4.74 Å². The van der Waals surface area contributed by atoms with E-state index in [0.29, 0.717) is 5.75 Å². The van der Waals surface area contributed by atoms with E-state index in [4.69, 9.17) is 4.74 Å². The Bertz CT molecular complexity index is 496. The van der Waals surface area contributed by atoms with E-state index in [1.807, 2.05) is 25.1 Å².